The molecule has 1 aromatic rings. The molecule has 114 valence electrons. The predicted molar refractivity (Wildman–Crippen MR) is 76.5 cm³/mol. The Labute approximate surface area is 122 Å². The minimum absolute atomic E-state index is 0.139. The second-order valence-corrected chi connectivity index (χ2v) is 5.17. The van der Waals surface area contributed by atoms with Crippen LogP contribution in [0.2, 0.25) is 0 Å². The number of urea groups is 1. The summed E-state index contributed by atoms with van der Waals surface area (Å²) in [7, 11) is 0. The molecule has 5 N–H and O–H groups in total. The standard InChI is InChI=1S/C14H19N3O4/c1-14(2,12(15)20)17-13(21)16-10(11(18)19)8-9-6-4-3-5-7-9/h3-7,10H,8H2,1-2H3,(H2,15,20)(H,18,19)(H2,16,17,21). The predicted octanol–water partition coefficient (Wildman–Crippen LogP) is 0.245. The number of nitrogens with one attached hydrogen (secondary N) is 2. The van der Waals surface area contributed by atoms with Gasteiger partial charge in [0.1, 0.15) is 11.6 Å². The van der Waals surface area contributed by atoms with E-state index in [1.807, 2.05) is 6.07 Å². The number of carbonyl (C=O) groups is 3. The van der Waals surface area contributed by atoms with Crippen LogP contribution in [0.4, 0.5) is 4.79 Å². The number of carboxylic acids is 1. The Bertz CT molecular complexity index is 528. The Morgan fingerprint density at radius 1 is 1.24 bits per heavy atom. The van der Waals surface area contributed by atoms with Crippen LogP contribution in [0.25, 0.3) is 0 Å². The van der Waals surface area contributed by atoms with Crippen molar-refractivity contribution in [3.63, 3.8) is 0 Å². The minimum Gasteiger partial charge on any atom is -0.480 e. The van der Waals surface area contributed by atoms with E-state index < -0.39 is 29.5 Å². The summed E-state index contributed by atoms with van der Waals surface area (Å²) in [4.78, 5) is 34.1. The molecule has 1 atom stereocenters. The largest absolute Gasteiger partial charge is 0.480 e. The molecular weight excluding hydrogens is 274 g/mol. The maximum absolute atomic E-state index is 11.8. The molecule has 0 aliphatic rings. The number of benzene rings is 1. The highest BCUT2D eigenvalue weighted by Gasteiger charge is 2.29. The number of carbonyl (C=O) groups excluding carboxylic acids is 2. The van der Waals surface area contributed by atoms with Crippen molar-refractivity contribution in [1.82, 2.24) is 10.6 Å². The Balaban J connectivity index is 2.69. The molecule has 0 aliphatic carbocycles. The fourth-order valence-electron chi connectivity index (χ4n) is 1.59. The van der Waals surface area contributed by atoms with Gasteiger partial charge in [-0.25, -0.2) is 9.59 Å². The molecule has 1 rings (SSSR count). The van der Waals surface area contributed by atoms with E-state index in [4.69, 9.17) is 10.8 Å². The van der Waals surface area contributed by atoms with Crippen molar-refractivity contribution in [2.75, 3.05) is 0 Å². The molecule has 3 amide bonds. The molecule has 0 aromatic heterocycles. The smallest absolute Gasteiger partial charge is 0.326 e. The molecule has 0 radical (unpaired) electrons. The highest BCUT2D eigenvalue weighted by atomic mass is 16.4. The van der Waals surface area contributed by atoms with Crippen molar-refractivity contribution in [3.8, 4) is 0 Å². The fourth-order valence-corrected chi connectivity index (χ4v) is 1.59. The van der Waals surface area contributed by atoms with Crippen LogP contribution in [-0.4, -0.2) is 34.6 Å². The summed E-state index contributed by atoms with van der Waals surface area (Å²) >= 11 is 0. The van der Waals surface area contributed by atoms with E-state index in [0.717, 1.165) is 5.56 Å². The van der Waals surface area contributed by atoms with Crippen LogP contribution in [0.3, 0.4) is 0 Å². The van der Waals surface area contributed by atoms with Crippen LogP contribution in [0, 0.1) is 0 Å². The molecular formula is C14H19N3O4. The van der Waals surface area contributed by atoms with E-state index in [1.54, 1.807) is 24.3 Å². The number of nitrogens with two attached hydrogens (primary N) is 1. The minimum atomic E-state index is -1.26. The third kappa shape index (κ3) is 5.13. The molecule has 0 aliphatic heterocycles. The average molecular weight is 293 g/mol. The highest BCUT2D eigenvalue weighted by molar-refractivity contribution is 5.90. The first-order valence-corrected chi connectivity index (χ1v) is 6.37. The Kier molecular flexibility index (Phi) is 5.29. The molecule has 21 heavy (non-hydrogen) atoms. The summed E-state index contributed by atoms with van der Waals surface area (Å²) in [6.07, 6.45) is 0.139. The van der Waals surface area contributed by atoms with Gasteiger partial charge in [-0.1, -0.05) is 30.3 Å². The first-order chi connectivity index (χ1) is 9.72. The third-order valence-corrected chi connectivity index (χ3v) is 2.93. The van der Waals surface area contributed by atoms with Gasteiger partial charge < -0.3 is 21.5 Å². The zero-order chi connectivity index (χ0) is 16.0. The first kappa shape index (κ1) is 16.5. The Hall–Kier alpha value is -2.57. The van der Waals surface area contributed by atoms with Gasteiger partial charge in [0.15, 0.2) is 0 Å². The molecule has 0 bridgehead atoms. The second-order valence-electron chi connectivity index (χ2n) is 5.17. The van der Waals surface area contributed by atoms with Crippen molar-refractivity contribution in [2.45, 2.75) is 31.8 Å². The molecule has 7 heteroatoms. The first-order valence-electron chi connectivity index (χ1n) is 6.37. The van der Waals surface area contributed by atoms with Crippen molar-refractivity contribution in [1.29, 1.82) is 0 Å². The number of hydrogen-bond acceptors (Lipinski definition) is 3. The lowest BCUT2D eigenvalue weighted by Gasteiger charge is -2.24. The molecule has 0 heterocycles. The molecule has 0 spiro atoms. The van der Waals surface area contributed by atoms with Gasteiger partial charge in [0.2, 0.25) is 5.91 Å². The molecule has 0 saturated carbocycles. The van der Waals surface area contributed by atoms with Crippen molar-refractivity contribution in [3.05, 3.63) is 35.9 Å². The number of carboxylic acid groups (broad SMARTS) is 1. The van der Waals surface area contributed by atoms with Crippen LogP contribution in [0.1, 0.15) is 19.4 Å². The third-order valence-electron chi connectivity index (χ3n) is 2.93. The second kappa shape index (κ2) is 6.74. The lowest BCUT2D eigenvalue weighted by Crippen LogP contribution is -2.58. The van der Waals surface area contributed by atoms with Crippen LogP contribution in [-0.2, 0) is 16.0 Å². The average Bonchev–Trinajstić information content (AvgIpc) is 2.38. The number of rotatable bonds is 6. The summed E-state index contributed by atoms with van der Waals surface area (Å²) in [6, 6.07) is 7.05. The van der Waals surface area contributed by atoms with E-state index in [-0.39, 0.29) is 6.42 Å². The number of hydrogen-bond donors (Lipinski definition) is 4. The zero-order valence-electron chi connectivity index (χ0n) is 11.9. The van der Waals surface area contributed by atoms with Crippen molar-refractivity contribution < 1.29 is 19.5 Å². The van der Waals surface area contributed by atoms with E-state index in [0.29, 0.717) is 0 Å². The van der Waals surface area contributed by atoms with Gasteiger partial charge in [0.25, 0.3) is 0 Å². The lowest BCUT2D eigenvalue weighted by molar-refractivity contribution is -0.139. The van der Waals surface area contributed by atoms with Gasteiger partial charge in [-0.05, 0) is 19.4 Å². The monoisotopic (exact) mass is 293 g/mol. The van der Waals surface area contributed by atoms with Crippen molar-refractivity contribution >= 4 is 17.9 Å². The normalized spacial score (nSPS) is 12.3. The summed E-state index contributed by atoms with van der Waals surface area (Å²) in [5, 5.41) is 13.8. The topological polar surface area (TPSA) is 122 Å². The van der Waals surface area contributed by atoms with Crippen LogP contribution < -0.4 is 16.4 Å². The van der Waals surface area contributed by atoms with Gasteiger partial charge in [0, 0.05) is 6.42 Å². The van der Waals surface area contributed by atoms with Gasteiger partial charge in [-0.3, -0.25) is 4.79 Å². The van der Waals surface area contributed by atoms with Crippen molar-refractivity contribution in [2.24, 2.45) is 5.73 Å². The fraction of sp³-hybridized carbons (Fsp3) is 0.357. The van der Waals surface area contributed by atoms with E-state index in [1.165, 1.54) is 13.8 Å². The number of primary amides is 1. The van der Waals surface area contributed by atoms with Crippen LogP contribution in [0.5, 0.6) is 0 Å². The maximum atomic E-state index is 11.8. The summed E-state index contributed by atoms with van der Waals surface area (Å²) in [6.45, 7) is 2.86. The van der Waals surface area contributed by atoms with Gasteiger partial charge in [-0.15, -0.1) is 0 Å². The molecule has 1 unspecified atom stereocenters. The molecule has 7 nitrogen and oxygen atoms in total. The number of amides is 3. The lowest BCUT2D eigenvalue weighted by atomic mass is 10.1. The Morgan fingerprint density at radius 3 is 2.29 bits per heavy atom. The summed E-state index contributed by atoms with van der Waals surface area (Å²) in [5.41, 5.74) is 4.65. The Morgan fingerprint density at radius 2 is 1.81 bits per heavy atom. The van der Waals surface area contributed by atoms with Gasteiger partial charge in [0.05, 0.1) is 0 Å². The number of aliphatic carboxylic acids is 1. The molecule has 0 fully saturated rings. The SMILES string of the molecule is CC(C)(NC(=O)NC(Cc1ccccc1)C(=O)O)C(N)=O. The van der Waals surface area contributed by atoms with E-state index >= 15 is 0 Å². The molecule has 0 saturated heterocycles. The van der Waals surface area contributed by atoms with E-state index in [2.05, 4.69) is 10.6 Å². The summed E-state index contributed by atoms with van der Waals surface area (Å²) < 4.78 is 0. The highest BCUT2D eigenvalue weighted by Crippen LogP contribution is 2.04. The molecule has 1 aromatic carbocycles. The van der Waals surface area contributed by atoms with Crippen LogP contribution >= 0.6 is 0 Å². The van der Waals surface area contributed by atoms with E-state index in [9.17, 15) is 14.4 Å². The summed E-state index contributed by atoms with van der Waals surface area (Å²) in [5.74, 6) is -1.88. The van der Waals surface area contributed by atoms with Gasteiger partial charge in [-0.2, -0.15) is 0 Å². The van der Waals surface area contributed by atoms with Gasteiger partial charge >= 0.3 is 12.0 Å². The van der Waals surface area contributed by atoms with Crippen LogP contribution in [0.15, 0.2) is 30.3 Å². The maximum Gasteiger partial charge on any atom is 0.326 e. The zero-order valence-corrected chi connectivity index (χ0v) is 11.9. The quantitative estimate of drug-likeness (QED) is 0.600.